The topological polar surface area (TPSA) is 3.24 Å². The van der Waals surface area contributed by atoms with Crippen molar-refractivity contribution in [3.05, 3.63) is 0 Å². The fourth-order valence-electron chi connectivity index (χ4n) is 1.02. The molecule has 0 aromatic carbocycles. The van der Waals surface area contributed by atoms with Gasteiger partial charge in [0.1, 0.15) is 6.17 Å². The summed E-state index contributed by atoms with van der Waals surface area (Å²) >= 11 is 0. The Bertz CT molecular complexity index is 77.8. The summed E-state index contributed by atoms with van der Waals surface area (Å²) in [6.07, 6.45) is 1.25. The molecule has 1 saturated carbocycles. The molecule has 8 heavy (non-hydrogen) atoms. The SMILES string of the molecule is CN(C)[C@@H]1CC[C@@H]1F. The van der Waals surface area contributed by atoms with Crippen molar-refractivity contribution in [2.75, 3.05) is 14.1 Å². The first kappa shape index (κ1) is 6.02. The van der Waals surface area contributed by atoms with Gasteiger partial charge in [0, 0.05) is 6.04 Å². The molecule has 0 unspecified atom stereocenters. The summed E-state index contributed by atoms with van der Waals surface area (Å²) in [5.74, 6) is 0. The lowest BCUT2D eigenvalue weighted by Gasteiger charge is -2.35. The van der Waals surface area contributed by atoms with E-state index >= 15 is 0 Å². The van der Waals surface area contributed by atoms with Crippen molar-refractivity contribution in [3.63, 3.8) is 0 Å². The van der Waals surface area contributed by atoms with E-state index in [-0.39, 0.29) is 6.04 Å². The van der Waals surface area contributed by atoms with Gasteiger partial charge >= 0.3 is 0 Å². The lowest BCUT2D eigenvalue weighted by Crippen LogP contribution is -2.44. The summed E-state index contributed by atoms with van der Waals surface area (Å²) in [5.41, 5.74) is 0. The Morgan fingerprint density at radius 3 is 2.00 bits per heavy atom. The minimum absolute atomic E-state index is 0.218. The second-order valence-electron chi connectivity index (χ2n) is 2.62. The monoisotopic (exact) mass is 117 g/mol. The van der Waals surface area contributed by atoms with E-state index in [9.17, 15) is 4.39 Å². The summed E-state index contributed by atoms with van der Waals surface area (Å²) in [4.78, 5) is 1.95. The molecule has 0 aromatic rings. The van der Waals surface area contributed by atoms with Crippen LogP contribution in [0.15, 0.2) is 0 Å². The van der Waals surface area contributed by atoms with Gasteiger partial charge in [0.15, 0.2) is 0 Å². The predicted molar refractivity (Wildman–Crippen MR) is 31.6 cm³/mol. The minimum Gasteiger partial charge on any atom is -0.304 e. The van der Waals surface area contributed by atoms with Crippen molar-refractivity contribution in [1.29, 1.82) is 0 Å². The molecule has 0 bridgehead atoms. The molecule has 2 heteroatoms. The number of halogens is 1. The average molecular weight is 117 g/mol. The molecule has 0 amide bonds. The van der Waals surface area contributed by atoms with Crippen LogP contribution in [0, 0.1) is 0 Å². The van der Waals surface area contributed by atoms with Crippen LogP contribution in [-0.2, 0) is 0 Å². The fraction of sp³-hybridized carbons (Fsp3) is 1.00. The van der Waals surface area contributed by atoms with Crippen molar-refractivity contribution in [1.82, 2.24) is 4.90 Å². The number of hydrogen-bond donors (Lipinski definition) is 0. The normalized spacial score (nSPS) is 37.5. The van der Waals surface area contributed by atoms with Crippen LogP contribution in [0.5, 0.6) is 0 Å². The molecule has 1 aliphatic carbocycles. The smallest absolute Gasteiger partial charge is 0.116 e. The quantitative estimate of drug-likeness (QED) is 0.496. The Morgan fingerprint density at radius 2 is 2.00 bits per heavy atom. The van der Waals surface area contributed by atoms with Crippen LogP contribution in [-0.4, -0.2) is 31.2 Å². The van der Waals surface area contributed by atoms with Crippen LogP contribution >= 0.6 is 0 Å². The molecule has 48 valence electrons. The van der Waals surface area contributed by atoms with Crippen molar-refractivity contribution >= 4 is 0 Å². The third-order valence-corrected chi connectivity index (χ3v) is 1.82. The highest BCUT2D eigenvalue weighted by atomic mass is 19.1. The Hall–Kier alpha value is -0.110. The van der Waals surface area contributed by atoms with Gasteiger partial charge in [-0.05, 0) is 26.9 Å². The van der Waals surface area contributed by atoms with Gasteiger partial charge in [-0.2, -0.15) is 0 Å². The lowest BCUT2D eigenvalue weighted by atomic mass is 9.90. The summed E-state index contributed by atoms with van der Waals surface area (Å²) in [5, 5.41) is 0. The second kappa shape index (κ2) is 2.02. The molecule has 0 aromatic heterocycles. The molecule has 1 fully saturated rings. The minimum atomic E-state index is -0.551. The highest BCUT2D eigenvalue weighted by Gasteiger charge is 2.31. The van der Waals surface area contributed by atoms with Crippen LogP contribution in [0.4, 0.5) is 4.39 Å². The van der Waals surface area contributed by atoms with Crippen molar-refractivity contribution in [2.24, 2.45) is 0 Å². The lowest BCUT2D eigenvalue weighted by molar-refractivity contribution is 0.0685. The van der Waals surface area contributed by atoms with Crippen LogP contribution in [0.25, 0.3) is 0 Å². The van der Waals surface area contributed by atoms with Crippen LogP contribution in [0.3, 0.4) is 0 Å². The van der Waals surface area contributed by atoms with E-state index in [1.165, 1.54) is 0 Å². The van der Waals surface area contributed by atoms with Crippen molar-refractivity contribution in [3.8, 4) is 0 Å². The summed E-state index contributed by atoms with van der Waals surface area (Å²) in [7, 11) is 3.85. The Labute approximate surface area is 49.5 Å². The van der Waals surface area contributed by atoms with Gasteiger partial charge < -0.3 is 4.90 Å². The molecule has 0 aliphatic heterocycles. The van der Waals surface area contributed by atoms with Gasteiger partial charge in [0.25, 0.3) is 0 Å². The molecular formula is C6H12FN. The number of rotatable bonds is 1. The molecule has 0 radical (unpaired) electrons. The van der Waals surface area contributed by atoms with Crippen molar-refractivity contribution < 1.29 is 4.39 Å². The maximum atomic E-state index is 12.4. The first-order valence-corrected chi connectivity index (χ1v) is 3.02. The molecule has 1 rings (SSSR count). The van der Waals surface area contributed by atoms with Gasteiger partial charge in [-0.15, -0.1) is 0 Å². The molecule has 0 heterocycles. The van der Waals surface area contributed by atoms with Gasteiger partial charge in [0.05, 0.1) is 0 Å². The molecular weight excluding hydrogens is 105 g/mol. The zero-order chi connectivity index (χ0) is 6.15. The molecule has 0 N–H and O–H groups in total. The van der Waals surface area contributed by atoms with E-state index < -0.39 is 6.17 Å². The Morgan fingerprint density at radius 1 is 1.38 bits per heavy atom. The standard InChI is InChI=1S/C6H12FN/c1-8(2)6-4-3-5(6)7/h5-6H,3-4H2,1-2H3/t5-,6+/m0/s1. The van der Waals surface area contributed by atoms with E-state index in [4.69, 9.17) is 0 Å². The molecule has 0 spiro atoms. The zero-order valence-electron chi connectivity index (χ0n) is 5.39. The third kappa shape index (κ3) is 0.848. The van der Waals surface area contributed by atoms with E-state index in [1.54, 1.807) is 0 Å². The summed E-state index contributed by atoms with van der Waals surface area (Å²) < 4.78 is 12.4. The van der Waals surface area contributed by atoms with Gasteiger partial charge in [-0.25, -0.2) is 4.39 Å². The van der Waals surface area contributed by atoms with E-state index in [0.717, 1.165) is 12.8 Å². The van der Waals surface area contributed by atoms with Gasteiger partial charge in [0.2, 0.25) is 0 Å². The summed E-state index contributed by atoms with van der Waals surface area (Å²) in [6.45, 7) is 0. The van der Waals surface area contributed by atoms with Crippen LogP contribution in [0.2, 0.25) is 0 Å². The molecule has 0 saturated heterocycles. The van der Waals surface area contributed by atoms with E-state index in [0.29, 0.717) is 0 Å². The van der Waals surface area contributed by atoms with Crippen LogP contribution < -0.4 is 0 Å². The van der Waals surface area contributed by atoms with Crippen LogP contribution in [0.1, 0.15) is 12.8 Å². The van der Waals surface area contributed by atoms with E-state index in [2.05, 4.69) is 0 Å². The number of alkyl halides is 1. The predicted octanol–water partition coefficient (Wildman–Crippen LogP) is 1.05. The largest absolute Gasteiger partial charge is 0.304 e. The Kier molecular flexibility index (Phi) is 1.52. The number of nitrogens with zero attached hydrogens (tertiary/aromatic N) is 1. The van der Waals surface area contributed by atoms with E-state index in [1.807, 2.05) is 19.0 Å². The first-order valence-electron chi connectivity index (χ1n) is 3.02. The van der Waals surface area contributed by atoms with Gasteiger partial charge in [-0.1, -0.05) is 0 Å². The van der Waals surface area contributed by atoms with Crippen molar-refractivity contribution in [2.45, 2.75) is 25.1 Å². The second-order valence-corrected chi connectivity index (χ2v) is 2.62. The Balaban J connectivity index is 2.26. The third-order valence-electron chi connectivity index (χ3n) is 1.82. The molecule has 2 atom stereocenters. The maximum Gasteiger partial charge on any atom is 0.116 e. The fourth-order valence-corrected chi connectivity index (χ4v) is 1.02. The number of hydrogen-bond acceptors (Lipinski definition) is 1. The average Bonchev–Trinajstić information content (AvgIpc) is 1.61. The molecule has 1 aliphatic rings. The first-order chi connectivity index (χ1) is 3.72. The van der Waals surface area contributed by atoms with Gasteiger partial charge in [-0.3, -0.25) is 0 Å². The highest BCUT2D eigenvalue weighted by Crippen LogP contribution is 2.26. The molecule has 1 nitrogen and oxygen atoms in total. The summed E-state index contributed by atoms with van der Waals surface area (Å²) in [6, 6.07) is 0.218. The maximum absolute atomic E-state index is 12.4. The zero-order valence-corrected chi connectivity index (χ0v) is 5.39. The highest BCUT2D eigenvalue weighted by molar-refractivity contribution is 4.86.